The van der Waals surface area contributed by atoms with Crippen LogP contribution in [0.25, 0.3) is 0 Å². The van der Waals surface area contributed by atoms with Crippen molar-refractivity contribution in [3.05, 3.63) is 58.7 Å². The Labute approximate surface area is 152 Å². The van der Waals surface area contributed by atoms with E-state index in [0.29, 0.717) is 18.1 Å². The van der Waals surface area contributed by atoms with E-state index in [9.17, 15) is 4.79 Å². The topological polar surface area (TPSA) is 69.3 Å². The second-order valence-corrected chi connectivity index (χ2v) is 6.73. The molecule has 1 aliphatic rings. The summed E-state index contributed by atoms with van der Waals surface area (Å²) in [7, 11) is 3.88. The maximum Gasteiger partial charge on any atom is 0.226 e. The van der Waals surface area contributed by atoms with Crippen molar-refractivity contribution in [2.75, 3.05) is 25.5 Å². The lowest BCUT2D eigenvalue weighted by Crippen LogP contribution is -2.34. The van der Waals surface area contributed by atoms with E-state index in [1.807, 2.05) is 55.4 Å². The van der Waals surface area contributed by atoms with E-state index in [-0.39, 0.29) is 17.9 Å². The molecule has 6 nitrogen and oxygen atoms in total. The fraction of sp³-hybridized carbons (Fsp3) is 0.333. The van der Waals surface area contributed by atoms with Gasteiger partial charge in [-0.25, -0.2) is 10.4 Å². The second kappa shape index (κ2) is 7.82. The first-order valence-electron chi connectivity index (χ1n) is 8.18. The Bertz CT molecular complexity index is 735. The highest BCUT2D eigenvalue weighted by atomic mass is 35.5. The third-order valence-electron chi connectivity index (χ3n) is 4.28. The van der Waals surface area contributed by atoms with Crippen molar-refractivity contribution in [3.8, 4) is 0 Å². The zero-order valence-electron chi connectivity index (χ0n) is 14.3. The number of carbonyl (C=O) groups excluding carboxylic acids is 1. The summed E-state index contributed by atoms with van der Waals surface area (Å²) in [5.41, 5.74) is 8.31. The summed E-state index contributed by atoms with van der Waals surface area (Å²) in [6, 6.07) is 11.4. The van der Waals surface area contributed by atoms with E-state index in [1.54, 1.807) is 6.20 Å². The van der Waals surface area contributed by atoms with Gasteiger partial charge in [0.1, 0.15) is 5.82 Å². The van der Waals surface area contributed by atoms with Crippen LogP contribution in [0.1, 0.15) is 17.2 Å². The molecule has 1 fully saturated rings. The number of benzene rings is 1. The number of anilines is 1. The Morgan fingerprint density at radius 2 is 2.08 bits per heavy atom. The Kier molecular flexibility index (Phi) is 5.53. The molecular weight excluding hydrogens is 338 g/mol. The van der Waals surface area contributed by atoms with Crippen LogP contribution in [-0.2, 0) is 11.3 Å². The summed E-state index contributed by atoms with van der Waals surface area (Å²) in [6.07, 6.45) is 1.76. The lowest BCUT2D eigenvalue weighted by Gasteiger charge is -2.19. The van der Waals surface area contributed by atoms with Crippen molar-refractivity contribution in [1.29, 1.82) is 0 Å². The first-order valence-corrected chi connectivity index (χ1v) is 8.56. The molecule has 2 heterocycles. The number of amides is 1. The van der Waals surface area contributed by atoms with Gasteiger partial charge in [-0.3, -0.25) is 10.2 Å². The molecule has 2 aromatic rings. The number of carbonyl (C=O) groups is 1. The van der Waals surface area contributed by atoms with E-state index in [2.05, 4.69) is 21.2 Å². The summed E-state index contributed by atoms with van der Waals surface area (Å²) in [5.74, 6) is 0.701. The quantitative estimate of drug-likeness (QED) is 0.760. The normalized spacial score (nSPS) is 19.6. The number of nitrogens with zero attached hydrogens (tertiary/aromatic N) is 2. The maximum atomic E-state index is 12.6. The average molecular weight is 360 g/mol. The summed E-state index contributed by atoms with van der Waals surface area (Å²) in [6.45, 7) is 1.06. The van der Waals surface area contributed by atoms with Crippen LogP contribution in [0.3, 0.4) is 0 Å². The van der Waals surface area contributed by atoms with Crippen molar-refractivity contribution in [2.24, 2.45) is 5.92 Å². The number of pyridine rings is 1. The van der Waals surface area contributed by atoms with Gasteiger partial charge in [0.2, 0.25) is 5.91 Å². The SMILES string of the molecule is CN(C)c1cc(CNC(=O)C2CNNC2c2ccc(Cl)cc2)ccn1. The molecule has 1 amide bonds. The fourth-order valence-corrected chi connectivity index (χ4v) is 2.99. The van der Waals surface area contributed by atoms with Crippen molar-refractivity contribution >= 4 is 23.3 Å². The molecule has 1 aromatic carbocycles. The highest BCUT2D eigenvalue weighted by Crippen LogP contribution is 2.26. The van der Waals surface area contributed by atoms with Crippen molar-refractivity contribution in [1.82, 2.24) is 21.2 Å². The van der Waals surface area contributed by atoms with Crippen molar-refractivity contribution in [3.63, 3.8) is 0 Å². The molecule has 1 aromatic heterocycles. The lowest BCUT2D eigenvalue weighted by atomic mass is 9.94. The first kappa shape index (κ1) is 17.7. The smallest absolute Gasteiger partial charge is 0.226 e. The van der Waals surface area contributed by atoms with E-state index < -0.39 is 0 Å². The molecule has 3 rings (SSSR count). The zero-order valence-corrected chi connectivity index (χ0v) is 15.0. The second-order valence-electron chi connectivity index (χ2n) is 6.30. The number of hydrogen-bond acceptors (Lipinski definition) is 5. The van der Waals surface area contributed by atoms with Gasteiger partial charge in [0, 0.05) is 38.4 Å². The van der Waals surface area contributed by atoms with E-state index in [1.165, 1.54) is 0 Å². The van der Waals surface area contributed by atoms with Crippen LogP contribution in [0.5, 0.6) is 0 Å². The summed E-state index contributed by atoms with van der Waals surface area (Å²) in [4.78, 5) is 18.9. The van der Waals surface area contributed by atoms with Gasteiger partial charge in [0.15, 0.2) is 0 Å². The number of halogens is 1. The predicted molar refractivity (Wildman–Crippen MR) is 99.2 cm³/mol. The number of rotatable bonds is 5. The molecular formula is C18H22ClN5O. The molecule has 0 spiro atoms. The van der Waals surface area contributed by atoms with Crippen LogP contribution in [-0.4, -0.2) is 31.5 Å². The number of nitrogens with one attached hydrogen (secondary N) is 3. The summed E-state index contributed by atoms with van der Waals surface area (Å²) in [5, 5.41) is 3.71. The average Bonchev–Trinajstić information content (AvgIpc) is 3.10. The molecule has 1 aliphatic heterocycles. The highest BCUT2D eigenvalue weighted by Gasteiger charge is 2.33. The highest BCUT2D eigenvalue weighted by molar-refractivity contribution is 6.30. The molecule has 25 heavy (non-hydrogen) atoms. The molecule has 2 unspecified atom stereocenters. The van der Waals surface area contributed by atoms with E-state index >= 15 is 0 Å². The predicted octanol–water partition coefficient (Wildman–Crippen LogP) is 1.88. The van der Waals surface area contributed by atoms with Gasteiger partial charge in [-0.2, -0.15) is 0 Å². The maximum absolute atomic E-state index is 12.6. The fourth-order valence-electron chi connectivity index (χ4n) is 2.86. The van der Waals surface area contributed by atoms with Crippen LogP contribution in [0.4, 0.5) is 5.82 Å². The van der Waals surface area contributed by atoms with Crippen LogP contribution in [0, 0.1) is 5.92 Å². The lowest BCUT2D eigenvalue weighted by molar-refractivity contribution is -0.125. The number of hydrogen-bond donors (Lipinski definition) is 3. The van der Waals surface area contributed by atoms with Gasteiger partial charge < -0.3 is 10.2 Å². The number of aromatic nitrogens is 1. The van der Waals surface area contributed by atoms with E-state index in [4.69, 9.17) is 11.6 Å². The van der Waals surface area contributed by atoms with Gasteiger partial charge >= 0.3 is 0 Å². The molecule has 0 saturated carbocycles. The molecule has 2 atom stereocenters. The Balaban J connectivity index is 1.64. The molecule has 0 radical (unpaired) electrons. The van der Waals surface area contributed by atoms with Gasteiger partial charge in [-0.05, 0) is 35.4 Å². The minimum atomic E-state index is -0.184. The molecule has 1 saturated heterocycles. The Hall–Kier alpha value is -2.15. The Morgan fingerprint density at radius 1 is 1.32 bits per heavy atom. The molecule has 7 heteroatoms. The van der Waals surface area contributed by atoms with Crippen LogP contribution in [0.2, 0.25) is 5.02 Å². The minimum absolute atomic E-state index is 0.0145. The molecule has 0 aliphatic carbocycles. The van der Waals surface area contributed by atoms with Crippen LogP contribution in [0.15, 0.2) is 42.6 Å². The van der Waals surface area contributed by atoms with Crippen molar-refractivity contribution in [2.45, 2.75) is 12.6 Å². The van der Waals surface area contributed by atoms with E-state index in [0.717, 1.165) is 16.9 Å². The van der Waals surface area contributed by atoms with Gasteiger partial charge in [0.25, 0.3) is 0 Å². The van der Waals surface area contributed by atoms with Gasteiger partial charge in [0.05, 0.1) is 12.0 Å². The summed E-state index contributed by atoms with van der Waals surface area (Å²) < 4.78 is 0. The standard InChI is InChI=1S/C18H22ClN5O/c1-24(2)16-9-12(7-8-20-16)10-21-18(25)15-11-22-23-17(15)13-3-5-14(19)6-4-13/h3-9,15,17,22-23H,10-11H2,1-2H3,(H,21,25). The Morgan fingerprint density at radius 3 is 2.80 bits per heavy atom. The first-order chi connectivity index (χ1) is 12.0. The third-order valence-corrected chi connectivity index (χ3v) is 4.53. The van der Waals surface area contributed by atoms with Crippen LogP contribution < -0.4 is 21.1 Å². The molecule has 132 valence electrons. The van der Waals surface area contributed by atoms with Crippen molar-refractivity contribution < 1.29 is 4.79 Å². The van der Waals surface area contributed by atoms with Gasteiger partial charge in [-0.1, -0.05) is 23.7 Å². The zero-order chi connectivity index (χ0) is 17.8. The largest absolute Gasteiger partial charge is 0.363 e. The third kappa shape index (κ3) is 4.28. The minimum Gasteiger partial charge on any atom is -0.363 e. The summed E-state index contributed by atoms with van der Waals surface area (Å²) >= 11 is 5.95. The molecule has 3 N–H and O–H groups in total. The molecule has 0 bridgehead atoms. The number of hydrazine groups is 1. The van der Waals surface area contributed by atoms with Crippen LogP contribution >= 0.6 is 11.6 Å². The van der Waals surface area contributed by atoms with Gasteiger partial charge in [-0.15, -0.1) is 0 Å². The monoisotopic (exact) mass is 359 g/mol.